The van der Waals surface area contributed by atoms with Gasteiger partial charge < -0.3 is 10.2 Å². The summed E-state index contributed by atoms with van der Waals surface area (Å²) in [5, 5.41) is 7.73. The van der Waals surface area contributed by atoms with Gasteiger partial charge in [-0.25, -0.2) is 0 Å². The maximum Gasteiger partial charge on any atom is 0.267 e. The van der Waals surface area contributed by atoms with E-state index in [0.717, 1.165) is 18.5 Å². The third-order valence-electron chi connectivity index (χ3n) is 4.57. The first-order chi connectivity index (χ1) is 9.56. The topological polar surface area (TPSA) is 58.1 Å². The van der Waals surface area contributed by atoms with E-state index >= 15 is 0 Å². The lowest BCUT2D eigenvalue weighted by Gasteiger charge is -2.35. The highest BCUT2D eigenvalue weighted by atomic mass is 32.1. The van der Waals surface area contributed by atoms with Gasteiger partial charge in [0.2, 0.25) is 0 Å². The molecule has 5 nitrogen and oxygen atoms in total. The molecular formula is C14H22N4OS. The number of amides is 1. The first-order valence-corrected chi connectivity index (χ1v) is 8.19. The van der Waals surface area contributed by atoms with Crippen LogP contribution in [0.3, 0.4) is 0 Å². The maximum absolute atomic E-state index is 12.7. The standard InChI is InChI=1S/C14H22N4OS/c1-8(2)12-13(20-17-16-12)14(19)18(3)11-6-9-4-5-10(7-11)15-9/h8-11,15H,4-7H2,1-3H3. The number of carbonyl (C=O) groups is 1. The average Bonchev–Trinajstić information content (AvgIpc) is 3.03. The van der Waals surface area contributed by atoms with Crippen LogP contribution in [0.5, 0.6) is 0 Å². The number of piperidine rings is 1. The second-order valence-corrected chi connectivity index (χ2v) is 7.08. The highest BCUT2D eigenvalue weighted by Gasteiger charge is 2.37. The number of rotatable bonds is 3. The SMILES string of the molecule is CC(C)c1nnsc1C(=O)N(C)C1CC2CCC(C1)N2. The van der Waals surface area contributed by atoms with Gasteiger partial charge >= 0.3 is 0 Å². The van der Waals surface area contributed by atoms with E-state index < -0.39 is 0 Å². The lowest BCUT2D eigenvalue weighted by atomic mass is 9.98. The molecule has 1 amide bonds. The van der Waals surface area contributed by atoms with Gasteiger partial charge in [-0.15, -0.1) is 5.10 Å². The van der Waals surface area contributed by atoms with Crippen molar-refractivity contribution < 1.29 is 4.79 Å². The highest BCUT2D eigenvalue weighted by Crippen LogP contribution is 2.30. The summed E-state index contributed by atoms with van der Waals surface area (Å²) < 4.78 is 3.97. The van der Waals surface area contributed by atoms with Gasteiger partial charge in [-0.1, -0.05) is 18.3 Å². The van der Waals surface area contributed by atoms with E-state index in [0.29, 0.717) is 23.0 Å². The molecule has 6 heteroatoms. The third-order valence-corrected chi connectivity index (χ3v) is 5.30. The molecule has 0 saturated carbocycles. The first-order valence-electron chi connectivity index (χ1n) is 7.41. The number of fused-ring (bicyclic) bond motifs is 2. The molecule has 3 rings (SSSR count). The average molecular weight is 294 g/mol. The summed E-state index contributed by atoms with van der Waals surface area (Å²) in [6.07, 6.45) is 4.65. The number of hydrogen-bond acceptors (Lipinski definition) is 5. The van der Waals surface area contributed by atoms with Crippen molar-refractivity contribution in [3.8, 4) is 0 Å². The summed E-state index contributed by atoms with van der Waals surface area (Å²) in [7, 11) is 1.93. The van der Waals surface area contributed by atoms with E-state index in [1.54, 1.807) is 0 Å². The molecule has 0 spiro atoms. The fourth-order valence-corrected chi connectivity index (χ4v) is 4.20. The number of hydrogen-bond donors (Lipinski definition) is 1. The summed E-state index contributed by atoms with van der Waals surface area (Å²) in [6, 6.07) is 1.54. The molecule has 0 radical (unpaired) electrons. The molecule has 0 aromatic carbocycles. The van der Waals surface area contributed by atoms with Crippen LogP contribution in [0.25, 0.3) is 0 Å². The van der Waals surface area contributed by atoms with Crippen molar-refractivity contribution in [1.29, 1.82) is 0 Å². The Morgan fingerprint density at radius 2 is 2.00 bits per heavy atom. The molecule has 1 N–H and O–H groups in total. The number of aromatic nitrogens is 2. The summed E-state index contributed by atoms with van der Waals surface area (Å²) >= 11 is 1.23. The van der Waals surface area contributed by atoms with Crippen molar-refractivity contribution in [2.75, 3.05) is 7.05 Å². The predicted octanol–water partition coefficient (Wildman–Crippen LogP) is 2.02. The lowest BCUT2D eigenvalue weighted by molar-refractivity contribution is 0.0685. The van der Waals surface area contributed by atoms with Crippen molar-refractivity contribution in [3.63, 3.8) is 0 Å². The zero-order valence-corrected chi connectivity index (χ0v) is 13.1. The Morgan fingerprint density at radius 1 is 1.35 bits per heavy atom. The third kappa shape index (κ3) is 2.46. The van der Waals surface area contributed by atoms with Crippen LogP contribution in [0.2, 0.25) is 0 Å². The number of nitrogens with zero attached hydrogens (tertiary/aromatic N) is 3. The molecular weight excluding hydrogens is 272 g/mol. The van der Waals surface area contributed by atoms with Crippen LogP contribution in [0, 0.1) is 0 Å². The Bertz CT molecular complexity index is 489. The molecule has 2 atom stereocenters. The van der Waals surface area contributed by atoms with Gasteiger partial charge in [-0.3, -0.25) is 4.79 Å². The Balaban J connectivity index is 1.75. The zero-order valence-electron chi connectivity index (χ0n) is 12.3. The highest BCUT2D eigenvalue weighted by molar-refractivity contribution is 7.08. The van der Waals surface area contributed by atoms with Crippen LogP contribution in [-0.4, -0.2) is 45.6 Å². The molecule has 2 bridgehead atoms. The van der Waals surface area contributed by atoms with Gasteiger partial charge in [0, 0.05) is 25.2 Å². The van der Waals surface area contributed by atoms with Crippen LogP contribution in [0.15, 0.2) is 0 Å². The molecule has 2 fully saturated rings. The molecule has 20 heavy (non-hydrogen) atoms. The number of carbonyl (C=O) groups excluding carboxylic acids is 1. The van der Waals surface area contributed by atoms with E-state index in [1.807, 2.05) is 11.9 Å². The van der Waals surface area contributed by atoms with Crippen LogP contribution in [-0.2, 0) is 0 Å². The molecule has 110 valence electrons. The van der Waals surface area contributed by atoms with Crippen LogP contribution >= 0.6 is 11.5 Å². The smallest absolute Gasteiger partial charge is 0.267 e. The monoisotopic (exact) mass is 294 g/mol. The molecule has 1 aromatic heterocycles. The van der Waals surface area contributed by atoms with Crippen LogP contribution in [0.4, 0.5) is 0 Å². The normalized spacial score (nSPS) is 28.9. The van der Waals surface area contributed by atoms with Crippen molar-refractivity contribution >= 4 is 17.4 Å². The van der Waals surface area contributed by atoms with E-state index in [2.05, 4.69) is 28.8 Å². The summed E-state index contributed by atoms with van der Waals surface area (Å²) in [4.78, 5) is 15.3. The van der Waals surface area contributed by atoms with Crippen LogP contribution in [0.1, 0.15) is 60.8 Å². The fourth-order valence-electron chi connectivity index (χ4n) is 3.39. The minimum atomic E-state index is 0.0926. The second kappa shape index (κ2) is 5.41. The second-order valence-electron chi connectivity index (χ2n) is 6.32. The van der Waals surface area contributed by atoms with Gasteiger partial charge in [0.05, 0.1) is 5.69 Å². The minimum Gasteiger partial charge on any atom is -0.338 e. The lowest BCUT2D eigenvalue weighted by Crippen LogP contribution is -2.48. The van der Waals surface area contributed by atoms with Crippen molar-refractivity contribution in [2.45, 2.75) is 63.6 Å². The zero-order chi connectivity index (χ0) is 14.3. The van der Waals surface area contributed by atoms with E-state index in [4.69, 9.17) is 0 Å². The van der Waals surface area contributed by atoms with E-state index in [-0.39, 0.29) is 11.8 Å². The van der Waals surface area contributed by atoms with Gasteiger partial charge in [0.25, 0.3) is 5.91 Å². The minimum absolute atomic E-state index is 0.0926. The van der Waals surface area contributed by atoms with Crippen LogP contribution < -0.4 is 5.32 Å². The van der Waals surface area contributed by atoms with Crippen molar-refractivity contribution in [1.82, 2.24) is 19.8 Å². The van der Waals surface area contributed by atoms with E-state index in [1.165, 1.54) is 24.4 Å². The van der Waals surface area contributed by atoms with Gasteiger partial charge in [0.1, 0.15) is 4.88 Å². The Labute approximate surface area is 123 Å². The molecule has 2 unspecified atom stereocenters. The summed E-state index contributed by atoms with van der Waals surface area (Å²) in [5.74, 6) is 0.334. The molecule has 3 heterocycles. The molecule has 2 saturated heterocycles. The van der Waals surface area contributed by atoms with E-state index in [9.17, 15) is 4.79 Å². The molecule has 1 aromatic rings. The van der Waals surface area contributed by atoms with Crippen molar-refractivity contribution in [3.05, 3.63) is 10.6 Å². The Hall–Kier alpha value is -1.01. The first kappa shape index (κ1) is 13.9. The number of nitrogens with one attached hydrogen (secondary N) is 1. The van der Waals surface area contributed by atoms with Gasteiger partial charge in [-0.05, 0) is 43.1 Å². The largest absolute Gasteiger partial charge is 0.338 e. The maximum atomic E-state index is 12.7. The predicted molar refractivity (Wildman–Crippen MR) is 79.1 cm³/mol. The van der Waals surface area contributed by atoms with Gasteiger partial charge in [0.15, 0.2) is 0 Å². The summed E-state index contributed by atoms with van der Waals surface area (Å²) in [5.41, 5.74) is 0.837. The van der Waals surface area contributed by atoms with Gasteiger partial charge in [-0.2, -0.15) is 0 Å². The quantitative estimate of drug-likeness (QED) is 0.926. The fraction of sp³-hybridized carbons (Fsp3) is 0.786. The summed E-state index contributed by atoms with van der Waals surface area (Å²) in [6.45, 7) is 4.11. The molecule has 2 aliphatic rings. The Morgan fingerprint density at radius 3 is 2.60 bits per heavy atom. The van der Waals surface area contributed by atoms with Crippen molar-refractivity contribution in [2.24, 2.45) is 0 Å². The Kier molecular flexibility index (Phi) is 3.77. The molecule has 0 aliphatic carbocycles. The molecule has 2 aliphatic heterocycles.